The lowest BCUT2D eigenvalue weighted by atomic mass is 10.1. The number of halogens is 1. The van der Waals surface area contributed by atoms with Crippen LogP contribution in [-0.4, -0.2) is 70.6 Å². The number of nitrogens with zero attached hydrogens (tertiary/aromatic N) is 2. The van der Waals surface area contributed by atoms with E-state index < -0.39 is 10.0 Å². The monoisotopic (exact) mass is 482 g/mol. The molecule has 8 nitrogen and oxygen atoms in total. The summed E-state index contributed by atoms with van der Waals surface area (Å²) in [5, 5.41) is 0.196. The third-order valence-corrected chi connectivity index (χ3v) is 7.49. The van der Waals surface area contributed by atoms with Gasteiger partial charge in [-0.05, 0) is 42.8 Å². The first-order valence-corrected chi connectivity index (χ1v) is 12.0. The molecule has 0 aromatic heterocycles. The van der Waals surface area contributed by atoms with Gasteiger partial charge in [0, 0.05) is 26.2 Å². The Balaban J connectivity index is 1.87. The molecule has 1 amide bonds. The van der Waals surface area contributed by atoms with Gasteiger partial charge in [-0.3, -0.25) is 4.79 Å². The number of sulfonamides is 1. The Hall–Kier alpha value is -2.33. The maximum Gasteiger partial charge on any atom is 0.255 e. The first kappa shape index (κ1) is 24.3. The van der Waals surface area contributed by atoms with Crippen molar-refractivity contribution in [1.29, 1.82) is 0 Å². The van der Waals surface area contributed by atoms with E-state index in [-0.39, 0.29) is 34.5 Å². The predicted octanol–water partition coefficient (Wildman–Crippen LogP) is 3.04. The Kier molecular flexibility index (Phi) is 8.00. The summed E-state index contributed by atoms with van der Waals surface area (Å²) in [6.07, 6.45) is 0. The standard InChI is InChI=1S/C22H27ClN2O6S/c1-4-24(15-16-5-8-20(29-2)21(13-16)30-3)22(26)18-14-17(6-7-19(18)23)32(27,28)25-9-11-31-12-10-25/h5-8,13-14H,4,9-12,15H2,1-3H3. The molecule has 1 heterocycles. The quantitative estimate of drug-likeness (QED) is 0.575. The zero-order chi connectivity index (χ0) is 23.3. The van der Waals surface area contributed by atoms with Crippen LogP contribution in [0.15, 0.2) is 41.3 Å². The second-order valence-corrected chi connectivity index (χ2v) is 9.51. The van der Waals surface area contributed by atoms with Crippen LogP contribution < -0.4 is 9.47 Å². The van der Waals surface area contributed by atoms with Gasteiger partial charge in [0.15, 0.2) is 11.5 Å². The van der Waals surface area contributed by atoms with Crippen LogP contribution in [0.1, 0.15) is 22.8 Å². The van der Waals surface area contributed by atoms with E-state index in [4.69, 9.17) is 25.8 Å². The molecule has 3 rings (SSSR count). The van der Waals surface area contributed by atoms with Gasteiger partial charge in [0.2, 0.25) is 10.0 Å². The van der Waals surface area contributed by atoms with Crippen molar-refractivity contribution in [1.82, 2.24) is 9.21 Å². The van der Waals surface area contributed by atoms with Crippen molar-refractivity contribution in [3.8, 4) is 11.5 Å². The number of amides is 1. The van der Waals surface area contributed by atoms with Crippen LogP contribution in [-0.2, 0) is 21.3 Å². The fourth-order valence-corrected chi connectivity index (χ4v) is 5.09. The number of hydrogen-bond donors (Lipinski definition) is 0. The Morgan fingerprint density at radius 2 is 1.78 bits per heavy atom. The van der Waals surface area contributed by atoms with Gasteiger partial charge in [-0.25, -0.2) is 8.42 Å². The molecule has 0 saturated carbocycles. The van der Waals surface area contributed by atoms with Gasteiger partial charge in [0.25, 0.3) is 5.91 Å². The summed E-state index contributed by atoms with van der Waals surface area (Å²) in [5.74, 6) is 0.797. The summed E-state index contributed by atoms with van der Waals surface area (Å²) < 4.78 is 43.2. The summed E-state index contributed by atoms with van der Waals surface area (Å²) in [5.41, 5.74) is 0.981. The Morgan fingerprint density at radius 1 is 1.09 bits per heavy atom. The summed E-state index contributed by atoms with van der Waals surface area (Å²) in [4.78, 5) is 14.9. The van der Waals surface area contributed by atoms with Crippen molar-refractivity contribution in [3.05, 3.63) is 52.5 Å². The maximum atomic E-state index is 13.3. The normalized spacial score (nSPS) is 14.8. The second-order valence-electron chi connectivity index (χ2n) is 7.17. The molecule has 1 saturated heterocycles. The number of carbonyl (C=O) groups is 1. The minimum absolute atomic E-state index is 0.0364. The van der Waals surface area contributed by atoms with Crippen molar-refractivity contribution < 1.29 is 27.4 Å². The number of ether oxygens (including phenoxy) is 3. The molecule has 0 spiro atoms. The van der Waals surface area contributed by atoms with Crippen LogP contribution in [0.2, 0.25) is 5.02 Å². The molecule has 0 radical (unpaired) electrons. The fourth-order valence-electron chi connectivity index (χ4n) is 3.46. The molecule has 1 aliphatic heterocycles. The SMILES string of the molecule is CCN(Cc1ccc(OC)c(OC)c1)C(=O)c1cc(S(=O)(=O)N2CCOCC2)ccc1Cl. The van der Waals surface area contributed by atoms with Crippen LogP contribution in [0.3, 0.4) is 0 Å². The Bertz CT molecular complexity index is 1070. The highest BCUT2D eigenvalue weighted by Gasteiger charge is 2.28. The summed E-state index contributed by atoms with van der Waals surface area (Å²) >= 11 is 6.31. The molecule has 174 valence electrons. The molecule has 0 N–H and O–H groups in total. The van der Waals surface area contributed by atoms with Gasteiger partial charge in [-0.2, -0.15) is 4.31 Å². The van der Waals surface area contributed by atoms with Gasteiger partial charge < -0.3 is 19.1 Å². The molecule has 0 aliphatic carbocycles. The second kappa shape index (κ2) is 10.5. The minimum Gasteiger partial charge on any atom is -0.493 e. The van der Waals surface area contributed by atoms with Crippen LogP contribution in [0, 0.1) is 0 Å². The van der Waals surface area contributed by atoms with Gasteiger partial charge in [-0.1, -0.05) is 17.7 Å². The van der Waals surface area contributed by atoms with E-state index in [0.717, 1.165) is 5.56 Å². The van der Waals surface area contributed by atoms with Crippen LogP contribution in [0.5, 0.6) is 11.5 Å². The number of morpholine rings is 1. The van der Waals surface area contributed by atoms with E-state index in [1.54, 1.807) is 31.3 Å². The van der Waals surface area contributed by atoms with Gasteiger partial charge >= 0.3 is 0 Å². The van der Waals surface area contributed by atoms with Crippen LogP contribution >= 0.6 is 11.6 Å². The Morgan fingerprint density at radius 3 is 2.41 bits per heavy atom. The Labute approximate surface area is 193 Å². The molecule has 2 aromatic rings. The van der Waals surface area contributed by atoms with Gasteiger partial charge in [0.1, 0.15) is 0 Å². The van der Waals surface area contributed by atoms with E-state index in [9.17, 15) is 13.2 Å². The lowest BCUT2D eigenvalue weighted by molar-refractivity contribution is 0.0729. The van der Waals surface area contributed by atoms with Crippen LogP contribution in [0.25, 0.3) is 0 Å². The highest BCUT2D eigenvalue weighted by atomic mass is 35.5. The number of benzene rings is 2. The smallest absolute Gasteiger partial charge is 0.255 e. The molecule has 0 unspecified atom stereocenters. The van der Waals surface area contributed by atoms with Crippen molar-refractivity contribution in [2.75, 3.05) is 47.1 Å². The van der Waals surface area contributed by atoms with E-state index in [2.05, 4.69) is 0 Å². The summed E-state index contributed by atoms with van der Waals surface area (Å²) in [6, 6.07) is 9.65. The number of rotatable bonds is 8. The van der Waals surface area contributed by atoms with Crippen molar-refractivity contribution in [3.63, 3.8) is 0 Å². The molecule has 0 atom stereocenters. The van der Waals surface area contributed by atoms with Crippen molar-refractivity contribution in [2.45, 2.75) is 18.4 Å². The summed E-state index contributed by atoms with van der Waals surface area (Å²) in [6.45, 7) is 3.78. The average Bonchev–Trinajstić information content (AvgIpc) is 2.82. The van der Waals surface area contributed by atoms with E-state index in [1.165, 1.54) is 22.5 Å². The maximum absolute atomic E-state index is 13.3. The molecule has 1 aliphatic rings. The topological polar surface area (TPSA) is 85.4 Å². The molecule has 32 heavy (non-hydrogen) atoms. The molecular formula is C22H27ClN2O6S. The van der Waals surface area contributed by atoms with E-state index >= 15 is 0 Å². The first-order valence-electron chi connectivity index (χ1n) is 10.2. The summed E-state index contributed by atoms with van der Waals surface area (Å²) in [7, 11) is -0.648. The van der Waals surface area contributed by atoms with Crippen molar-refractivity contribution in [2.24, 2.45) is 0 Å². The van der Waals surface area contributed by atoms with Gasteiger partial charge in [-0.15, -0.1) is 0 Å². The molecule has 1 fully saturated rings. The minimum atomic E-state index is -3.75. The number of hydrogen-bond acceptors (Lipinski definition) is 6. The zero-order valence-electron chi connectivity index (χ0n) is 18.3. The number of methoxy groups -OCH3 is 2. The third-order valence-electron chi connectivity index (χ3n) is 5.27. The molecule has 0 bridgehead atoms. The first-order chi connectivity index (χ1) is 15.3. The highest BCUT2D eigenvalue weighted by Crippen LogP contribution is 2.29. The molecule has 2 aromatic carbocycles. The van der Waals surface area contributed by atoms with E-state index in [1.807, 2.05) is 13.0 Å². The average molecular weight is 483 g/mol. The largest absolute Gasteiger partial charge is 0.493 e. The van der Waals surface area contributed by atoms with Crippen LogP contribution in [0.4, 0.5) is 0 Å². The lowest BCUT2D eigenvalue weighted by Gasteiger charge is -2.26. The third kappa shape index (κ3) is 5.17. The van der Waals surface area contributed by atoms with E-state index in [0.29, 0.717) is 37.8 Å². The highest BCUT2D eigenvalue weighted by molar-refractivity contribution is 7.89. The molecule has 10 heteroatoms. The van der Waals surface area contributed by atoms with Gasteiger partial charge in [0.05, 0.1) is 42.9 Å². The molecular weight excluding hydrogens is 456 g/mol. The van der Waals surface area contributed by atoms with Crippen molar-refractivity contribution >= 4 is 27.5 Å². The zero-order valence-corrected chi connectivity index (χ0v) is 19.9. The fraction of sp³-hybridized carbons (Fsp3) is 0.409. The lowest BCUT2D eigenvalue weighted by Crippen LogP contribution is -2.40. The predicted molar refractivity (Wildman–Crippen MR) is 121 cm³/mol. The number of carbonyl (C=O) groups excluding carboxylic acids is 1.